The Bertz CT molecular complexity index is 1230. The van der Waals surface area contributed by atoms with Gasteiger partial charge in [0.15, 0.2) is 0 Å². The van der Waals surface area contributed by atoms with Crippen molar-refractivity contribution in [3.63, 3.8) is 0 Å². The Morgan fingerprint density at radius 1 is 1.19 bits per heavy atom. The molecule has 0 radical (unpaired) electrons. The van der Waals surface area contributed by atoms with E-state index in [0.29, 0.717) is 41.5 Å². The van der Waals surface area contributed by atoms with Crippen molar-refractivity contribution in [1.29, 1.82) is 0 Å². The maximum atomic E-state index is 13.8. The molecule has 3 aromatic rings. The van der Waals surface area contributed by atoms with E-state index in [4.69, 9.17) is 4.42 Å². The van der Waals surface area contributed by atoms with Crippen LogP contribution in [0.1, 0.15) is 40.9 Å². The van der Waals surface area contributed by atoms with E-state index in [1.54, 1.807) is 36.6 Å². The number of furan rings is 1. The van der Waals surface area contributed by atoms with E-state index in [-0.39, 0.29) is 5.57 Å². The largest absolute Gasteiger partial charge is 0.871 e. The number of fused-ring (bicyclic) bond motifs is 1. The maximum Gasteiger partial charge on any atom is 0.295 e. The normalized spacial score (nSPS) is 18.4. The van der Waals surface area contributed by atoms with Crippen LogP contribution in [0.5, 0.6) is 0 Å². The van der Waals surface area contributed by atoms with Crippen LogP contribution in [0.4, 0.5) is 0 Å². The number of likely N-dealkylation sites (tertiary alicyclic amines) is 1. The summed E-state index contributed by atoms with van der Waals surface area (Å²) in [5, 5.41) is 13.8. The van der Waals surface area contributed by atoms with Gasteiger partial charge < -0.3 is 23.7 Å². The highest BCUT2D eigenvalue weighted by Gasteiger charge is 2.45. The second-order valence-electron chi connectivity index (χ2n) is 8.66. The standard InChI is InChI=1S/C24H28N4O4/c1-14-8-6-12-27-19(16(3)25-23(14)27)21(29)18-20(17-10-9-15(2)32-17)28(24(31)22(18)30)13-7-11-26(4)5/h6,8-10,12,20,29H,7,11,13H2,1-5H3. The van der Waals surface area contributed by atoms with Crippen LogP contribution in [0.3, 0.4) is 0 Å². The molecule has 8 nitrogen and oxygen atoms in total. The van der Waals surface area contributed by atoms with Crippen LogP contribution < -0.4 is 10.0 Å². The van der Waals surface area contributed by atoms with E-state index in [1.807, 2.05) is 33.2 Å². The lowest BCUT2D eigenvalue weighted by Gasteiger charge is -2.25. The van der Waals surface area contributed by atoms with Gasteiger partial charge in [0.25, 0.3) is 5.91 Å². The molecular formula is C24H28N4O4. The molecule has 1 aliphatic rings. The minimum atomic E-state index is -0.844. The lowest BCUT2D eigenvalue weighted by atomic mass is 10.0. The molecule has 1 fully saturated rings. The van der Waals surface area contributed by atoms with Gasteiger partial charge in [0.05, 0.1) is 32.0 Å². The first-order valence-electron chi connectivity index (χ1n) is 10.8. The number of nitrogens with one attached hydrogen (secondary N) is 1. The average molecular weight is 437 g/mol. The molecule has 0 spiro atoms. The molecule has 1 atom stereocenters. The van der Waals surface area contributed by atoms with Crippen molar-refractivity contribution in [3.8, 4) is 0 Å². The van der Waals surface area contributed by atoms with Gasteiger partial charge >= 0.3 is 0 Å². The Kier molecular flexibility index (Phi) is 5.64. The number of nitrogens with zero attached hydrogens (tertiary/aromatic N) is 3. The van der Waals surface area contributed by atoms with Gasteiger partial charge in [-0.1, -0.05) is 11.8 Å². The number of imidazole rings is 1. The van der Waals surface area contributed by atoms with E-state index in [9.17, 15) is 14.7 Å². The summed E-state index contributed by atoms with van der Waals surface area (Å²) in [6, 6.07) is 6.40. The Morgan fingerprint density at radius 3 is 2.59 bits per heavy atom. The van der Waals surface area contributed by atoms with Crippen molar-refractivity contribution in [3.05, 3.63) is 64.5 Å². The molecule has 0 saturated carbocycles. The number of carbonyl (C=O) groups is 2. The molecule has 4 rings (SSSR count). The van der Waals surface area contributed by atoms with Crippen molar-refractivity contribution in [2.24, 2.45) is 0 Å². The fourth-order valence-corrected chi connectivity index (χ4v) is 4.32. The van der Waals surface area contributed by atoms with Crippen LogP contribution in [-0.2, 0) is 9.59 Å². The third kappa shape index (κ3) is 3.60. The molecule has 8 heteroatoms. The number of Topliss-reactive ketones (excluding diaryl/α,β-unsaturated/α-hetero) is 1. The predicted octanol–water partition coefficient (Wildman–Crippen LogP) is 0.611. The zero-order chi connectivity index (χ0) is 23.2. The molecule has 0 aliphatic carbocycles. The molecule has 0 bridgehead atoms. The molecular weight excluding hydrogens is 408 g/mol. The molecule has 0 aromatic carbocycles. The van der Waals surface area contributed by atoms with Crippen LogP contribution in [0.15, 0.2) is 40.5 Å². The summed E-state index contributed by atoms with van der Waals surface area (Å²) in [6.07, 6.45) is 2.45. The second-order valence-corrected chi connectivity index (χ2v) is 8.66. The number of ketones is 1. The summed E-state index contributed by atoms with van der Waals surface area (Å²) in [4.78, 5) is 33.4. The van der Waals surface area contributed by atoms with Crippen LogP contribution in [-0.4, -0.2) is 53.2 Å². The summed E-state index contributed by atoms with van der Waals surface area (Å²) in [5.41, 5.74) is 2.31. The van der Waals surface area contributed by atoms with Crippen LogP contribution in [0.25, 0.3) is 11.4 Å². The molecule has 1 saturated heterocycles. The van der Waals surface area contributed by atoms with Crippen molar-refractivity contribution in [2.75, 3.05) is 27.2 Å². The highest BCUT2D eigenvalue weighted by molar-refractivity contribution is 6.46. The topological polar surface area (TPSA) is 95.3 Å². The van der Waals surface area contributed by atoms with Crippen LogP contribution in [0, 0.1) is 20.8 Å². The van der Waals surface area contributed by atoms with Gasteiger partial charge in [0, 0.05) is 24.7 Å². The summed E-state index contributed by atoms with van der Waals surface area (Å²) in [7, 11) is 4.06. The Hall–Kier alpha value is -3.39. The fraction of sp³-hybridized carbons (Fsp3) is 0.375. The SMILES string of the molecule is Cc1ccc(C2C(=C([O-])c3c(C)nc4c(C)cccn34)C(=O)C(=O)N2CCC[NH+](C)C)o1. The number of amides is 1. The first-order chi connectivity index (χ1) is 15.2. The summed E-state index contributed by atoms with van der Waals surface area (Å²) < 4.78 is 7.50. The highest BCUT2D eigenvalue weighted by atomic mass is 16.3. The number of quaternary nitrogens is 1. The molecule has 1 N–H and O–H groups in total. The summed E-state index contributed by atoms with van der Waals surface area (Å²) in [5.74, 6) is -0.849. The van der Waals surface area contributed by atoms with E-state index >= 15 is 0 Å². The summed E-state index contributed by atoms with van der Waals surface area (Å²) >= 11 is 0. The van der Waals surface area contributed by atoms with Crippen molar-refractivity contribution in [1.82, 2.24) is 14.3 Å². The number of rotatable bonds is 6. The predicted molar refractivity (Wildman–Crippen MR) is 117 cm³/mol. The van der Waals surface area contributed by atoms with Gasteiger partial charge in [-0.3, -0.25) is 9.59 Å². The quantitative estimate of drug-likeness (QED) is 0.347. The van der Waals surface area contributed by atoms with Gasteiger partial charge in [0.2, 0.25) is 5.78 Å². The van der Waals surface area contributed by atoms with E-state index in [0.717, 1.165) is 12.1 Å². The first kappa shape index (κ1) is 21.8. The second kappa shape index (κ2) is 8.27. The molecule has 1 unspecified atom stereocenters. The zero-order valence-corrected chi connectivity index (χ0v) is 19.1. The van der Waals surface area contributed by atoms with Crippen LogP contribution in [0.2, 0.25) is 0 Å². The zero-order valence-electron chi connectivity index (χ0n) is 19.1. The first-order valence-corrected chi connectivity index (χ1v) is 10.8. The number of aryl methyl sites for hydroxylation is 3. The lowest BCUT2D eigenvalue weighted by Crippen LogP contribution is -3.05. The number of carbonyl (C=O) groups excluding carboxylic acids is 2. The molecule has 1 amide bonds. The third-order valence-electron chi connectivity index (χ3n) is 5.87. The van der Waals surface area contributed by atoms with Gasteiger partial charge in [-0.25, -0.2) is 4.98 Å². The number of hydrogen-bond acceptors (Lipinski definition) is 5. The van der Waals surface area contributed by atoms with Gasteiger partial charge in [-0.15, -0.1) is 0 Å². The van der Waals surface area contributed by atoms with Gasteiger partial charge in [-0.2, -0.15) is 0 Å². The van der Waals surface area contributed by atoms with Gasteiger partial charge in [-0.05, 0) is 44.5 Å². The van der Waals surface area contributed by atoms with Crippen molar-refractivity contribution in [2.45, 2.75) is 33.2 Å². The fourth-order valence-electron chi connectivity index (χ4n) is 4.32. The van der Waals surface area contributed by atoms with E-state index < -0.39 is 23.5 Å². The Labute approximate surface area is 186 Å². The van der Waals surface area contributed by atoms with Gasteiger partial charge in [0.1, 0.15) is 23.2 Å². The maximum absolute atomic E-state index is 13.8. The molecule has 3 aromatic heterocycles. The molecule has 168 valence electrons. The molecule has 4 heterocycles. The average Bonchev–Trinajstić information content (AvgIpc) is 3.37. The minimum absolute atomic E-state index is 0.0760. The monoisotopic (exact) mass is 436 g/mol. The summed E-state index contributed by atoms with van der Waals surface area (Å²) in [6.45, 7) is 6.64. The number of hydrogen-bond donors (Lipinski definition) is 1. The molecule has 32 heavy (non-hydrogen) atoms. The number of aromatic nitrogens is 2. The third-order valence-corrected chi connectivity index (χ3v) is 5.87. The Morgan fingerprint density at radius 2 is 1.94 bits per heavy atom. The van der Waals surface area contributed by atoms with Crippen LogP contribution >= 0.6 is 0 Å². The Balaban J connectivity index is 1.88. The number of pyridine rings is 1. The van der Waals surface area contributed by atoms with E-state index in [1.165, 1.54) is 9.80 Å². The van der Waals surface area contributed by atoms with Crippen molar-refractivity contribution >= 4 is 23.1 Å². The minimum Gasteiger partial charge on any atom is -0.871 e. The highest BCUT2D eigenvalue weighted by Crippen LogP contribution is 2.39. The molecule has 1 aliphatic heterocycles. The smallest absolute Gasteiger partial charge is 0.295 e. The lowest BCUT2D eigenvalue weighted by molar-refractivity contribution is -0.858. The van der Waals surface area contributed by atoms with E-state index in [2.05, 4.69) is 4.98 Å². The van der Waals surface area contributed by atoms with Crippen molar-refractivity contribution < 1.29 is 24.0 Å².